The van der Waals surface area contributed by atoms with E-state index >= 15 is 0 Å². The van der Waals surface area contributed by atoms with E-state index in [1.807, 2.05) is 0 Å². The molecule has 0 amide bonds. The minimum Gasteiger partial charge on any atom is -0.493 e. The Morgan fingerprint density at radius 1 is 1.64 bits per heavy atom. The maximum Gasteiger partial charge on any atom is 0.305 e. The Labute approximate surface area is 80.5 Å². The smallest absolute Gasteiger partial charge is 0.305 e. The van der Waals surface area contributed by atoms with Crippen LogP contribution < -0.4 is 4.74 Å². The largest absolute Gasteiger partial charge is 0.493 e. The molecule has 1 aromatic carbocycles. The van der Waals surface area contributed by atoms with E-state index in [0.29, 0.717) is 6.61 Å². The average molecular weight is 198 g/mol. The van der Waals surface area contributed by atoms with Crippen molar-refractivity contribution in [3.63, 3.8) is 0 Å². The molecule has 1 radical (unpaired) electrons. The number of nitrogens with zero attached hydrogens (tertiary/aromatic N) is 1. The maximum absolute atomic E-state index is 13.0. The first-order valence-corrected chi connectivity index (χ1v) is 3.99. The molecule has 14 heavy (non-hydrogen) atoms. The van der Waals surface area contributed by atoms with Crippen molar-refractivity contribution >= 4 is 5.69 Å². The Morgan fingerprint density at radius 2 is 2.36 bits per heavy atom. The number of halogens is 1. The Balaban J connectivity index is 2.83. The topological polar surface area (TPSA) is 52.4 Å². The van der Waals surface area contributed by atoms with Gasteiger partial charge in [0, 0.05) is 12.1 Å². The van der Waals surface area contributed by atoms with Crippen molar-refractivity contribution in [1.29, 1.82) is 0 Å². The highest BCUT2D eigenvalue weighted by atomic mass is 19.1. The van der Waals surface area contributed by atoms with E-state index in [1.165, 1.54) is 6.07 Å². The van der Waals surface area contributed by atoms with Crippen molar-refractivity contribution in [3.8, 4) is 5.75 Å². The molecule has 0 N–H and O–H groups in total. The molecule has 0 unspecified atom stereocenters. The summed E-state index contributed by atoms with van der Waals surface area (Å²) in [4.78, 5) is 9.49. The molecule has 5 heteroatoms. The fourth-order valence-electron chi connectivity index (χ4n) is 0.905. The minimum absolute atomic E-state index is 0.284. The Bertz CT molecular complexity index is 341. The third-order valence-electron chi connectivity index (χ3n) is 1.53. The number of nitro groups is 1. The van der Waals surface area contributed by atoms with Crippen LogP contribution >= 0.6 is 0 Å². The van der Waals surface area contributed by atoms with Crippen molar-refractivity contribution in [1.82, 2.24) is 0 Å². The van der Waals surface area contributed by atoms with Crippen LogP contribution in [0.15, 0.2) is 18.2 Å². The summed E-state index contributed by atoms with van der Waals surface area (Å²) < 4.78 is 18.0. The third-order valence-corrected chi connectivity index (χ3v) is 1.53. The molecule has 0 heterocycles. The normalized spacial score (nSPS) is 9.86. The Morgan fingerprint density at radius 3 is 2.86 bits per heavy atom. The number of benzene rings is 1. The summed E-state index contributed by atoms with van der Waals surface area (Å²) in [6.07, 6.45) is 1.75. The molecule has 0 aliphatic carbocycles. The van der Waals surface area contributed by atoms with Crippen LogP contribution in [0.4, 0.5) is 10.1 Å². The lowest BCUT2D eigenvalue weighted by molar-refractivity contribution is -0.387. The highest BCUT2D eigenvalue weighted by Crippen LogP contribution is 2.22. The van der Waals surface area contributed by atoms with E-state index in [2.05, 4.69) is 0 Å². The van der Waals surface area contributed by atoms with Crippen molar-refractivity contribution in [2.75, 3.05) is 6.61 Å². The van der Waals surface area contributed by atoms with Gasteiger partial charge in [0.1, 0.15) is 5.75 Å². The van der Waals surface area contributed by atoms with Gasteiger partial charge in [0.15, 0.2) is 0 Å². The second-order valence-corrected chi connectivity index (χ2v) is 2.59. The molecule has 0 aliphatic heterocycles. The van der Waals surface area contributed by atoms with Crippen molar-refractivity contribution in [2.24, 2.45) is 0 Å². The van der Waals surface area contributed by atoms with Crippen molar-refractivity contribution in [2.45, 2.75) is 6.92 Å². The molecule has 0 aromatic heterocycles. The molecule has 0 bridgehead atoms. The molecule has 75 valence electrons. The molecule has 0 saturated heterocycles. The summed E-state index contributed by atoms with van der Waals surface area (Å²) in [5.41, 5.74) is -0.544. The quantitative estimate of drug-likeness (QED) is 0.551. The van der Waals surface area contributed by atoms with Gasteiger partial charge in [-0.3, -0.25) is 10.1 Å². The van der Waals surface area contributed by atoms with E-state index < -0.39 is 16.4 Å². The van der Waals surface area contributed by atoms with E-state index in [0.717, 1.165) is 12.1 Å². The molecule has 0 fully saturated rings. The van der Waals surface area contributed by atoms with Crippen LogP contribution in [0.3, 0.4) is 0 Å². The highest BCUT2D eigenvalue weighted by Gasteiger charge is 2.13. The van der Waals surface area contributed by atoms with Gasteiger partial charge in [0.05, 0.1) is 11.5 Å². The van der Waals surface area contributed by atoms with Gasteiger partial charge in [-0.05, 0) is 12.5 Å². The molecule has 1 rings (SSSR count). The molecule has 0 saturated carbocycles. The second kappa shape index (κ2) is 4.55. The maximum atomic E-state index is 13.0. The summed E-state index contributed by atoms with van der Waals surface area (Å²) in [7, 11) is 0. The van der Waals surface area contributed by atoms with Crippen LogP contribution in [0.1, 0.15) is 6.92 Å². The summed E-state index contributed by atoms with van der Waals surface area (Å²) in [6, 6.07) is 3.45. The van der Waals surface area contributed by atoms with Gasteiger partial charge >= 0.3 is 5.69 Å². The van der Waals surface area contributed by atoms with Gasteiger partial charge in [-0.15, -0.1) is 0 Å². The third kappa shape index (κ3) is 2.42. The molecular weight excluding hydrogens is 189 g/mol. The predicted octanol–water partition coefficient (Wildman–Crippen LogP) is 2.34. The minimum atomic E-state index is -0.886. The second-order valence-electron chi connectivity index (χ2n) is 2.59. The number of rotatable bonds is 4. The zero-order chi connectivity index (χ0) is 10.6. The first kappa shape index (κ1) is 10.4. The fourth-order valence-corrected chi connectivity index (χ4v) is 0.905. The Kier molecular flexibility index (Phi) is 3.39. The van der Waals surface area contributed by atoms with E-state index in [-0.39, 0.29) is 5.75 Å². The van der Waals surface area contributed by atoms with E-state index in [9.17, 15) is 14.5 Å². The Hall–Kier alpha value is -1.65. The summed E-state index contributed by atoms with van der Waals surface area (Å²) >= 11 is 0. The van der Waals surface area contributed by atoms with Crippen LogP contribution in [-0.4, -0.2) is 11.5 Å². The van der Waals surface area contributed by atoms with Crippen LogP contribution in [-0.2, 0) is 0 Å². The van der Waals surface area contributed by atoms with Crippen molar-refractivity contribution < 1.29 is 14.1 Å². The number of ether oxygens (including phenoxy) is 1. The van der Waals surface area contributed by atoms with Crippen LogP contribution in [0, 0.1) is 22.4 Å². The molecule has 1 aromatic rings. The summed E-state index contributed by atoms with van der Waals surface area (Å²) in [5, 5.41) is 10.3. The van der Waals surface area contributed by atoms with Crippen LogP contribution in [0.2, 0.25) is 0 Å². The molecule has 0 spiro atoms. The SMILES string of the molecule is C[CH]COc1ccc([N+](=O)[O-])c(F)c1. The summed E-state index contributed by atoms with van der Waals surface area (Å²) in [5.74, 6) is -0.602. The van der Waals surface area contributed by atoms with Crippen LogP contribution in [0.5, 0.6) is 5.75 Å². The lowest BCUT2D eigenvalue weighted by Gasteiger charge is -2.03. The standard InChI is InChI=1S/C9H9FNO3/c1-2-5-14-7-3-4-9(11(12)13)8(10)6-7/h2-4,6H,5H2,1H3. The van der Waals surface area contributed by atoms with Gasteiger partial charge in [-0.25, -0.2) is 0 Å². The first-order chi connectivity index (χ1) is 6.65. The van der Waals surface area contributed by atoms with Gasteiger partial charge in [0.2, 0.25) is 5.82 Å². The first-order valence-electron chi connectivity index (χ1n) is 3.99. The number of hydrogen-bond acceptors (Lipinski definition) is 3. The number of hydrogen-bond donors (Lipinski definition) is 0. The van der Waals surface area contributed by atoms with Gasteiger partial charge in [-0.2, -0.15) is 4.39 Å². The van der Waals surface area contributed by atoms with Gasteiger partial charge in [-0.1, -0.05) is 6.92 Å². The lowest BCUT2D eigenvalue weighted by Crippen LogP contribution is -1.97. The monoisotopic (exact) mass is 198 g/mol. The number of nitro benzene ring substituents is 1. The average Bonchev–Trinajstić information content (AvgIpc) is 2.14. The molecule has 0 atom stereocenters. The highest BCUT2D eigenvalue weighted by molar-refractivity contribution is 5.37. The molecule has 4 nitrogen and oxygen atoms in total. The summed E-state index contributed by atoms with van der Waals surface area (Å²) in [6.45, 7) is 2.14. The van der Waals surface area contributed by atoms with Gasteiger partial charge in [0.25, 0.3) is 0 Å². The zero-order valence-corrected chi connectivity index (χ0v) is 7.57. The van der Waals surface area contributed by atoms with Gasteiger partial charge < -0.3 is 4.74 Å². The lowest BCUT2D eigenvalue weighted by atomic mass is 10.3. The fraction of sp³-hybridized carbons (Fsp3) is 0.222. The van der Waals surface area contributed by atoms with Crippen molar-refractivity contribution in [3.05, 3.63) is 40.6 Å². The zero-order valence-electron chi connectivity index (χ0n) is 7.57. The van der Waals surface area contributed by atoms with Crippen LogP contribution in [0.25, 0.3) is 0 Å². The molecule has 0 aliphatic rings. The predicted molar refractivity (Wildman–Crippen MR) is 48.5 cm³/mol. The molecular formula is C9H9FNO3. The van der Waals surface area contributed by atoms with E-state index in [4.69, 9.17) is 4.74 Å². The van der Waals surface area contributed by atoms with E-state index in [1.54, 1.807) is 13.3 Å².